The van der Waals surface area contributed by atoms with Gasteiger partial charge in [-0.25, -0.2) is 0 Å². The number of carbonyl (C=O) groups is 1. The van der Waals surface area contributed by atoms with Gasteiger partial charge in [-0.05, 0) is 60.8 Å². The average molecular weight is 373 g/mol. The molecular weight excluding hydrogens is 348 g/mol. The number of halogens is 1. The van der Waals surface area contributed by atoms with Gasteiger partial charge in [0.1, 0.15) is 5.75 Å². The van der Waals surface area contributed by atoms with Crippen LogP contribution in [-0.4, -0.2) is 11.8 Å². The zero-order valence-electron chi connectivity index (χ0n) is 14.9. The summed E-state index contributed by atoms with van der Waals surface area (Å²) in [5, 5.41) is 8.17. The van der Waals surface area contributed by atoms with Crippen LogP contribution in [-0.2, 0) is 4.79 Å². The first-order valence-electron chi connectivity index (χ1n) is 9.12. The smallest absolute Gasteiger partial charge is 0.221 e. The molecule has 0 unspecified atom stereocenters. The molecule has 0 aliphatic carbocycles. The van der Waals surface area contributed by atoms with E-state index in [-0.39, 0.29) is 5.24 Å². The van der Waals surface area contributed by atoms with Gasteiger partial charge in [0.2, 0.25) is 5.24 Å². The summed E-state index contributed by atoms with van der Waals surface area (Å²) in [5.41, 5.74) is 1.64. The minimum atomic E-state index is -0.231. The zero-order chi connectivity index (χ0) is 18.5. The Morgan fingerprint density at radius 2 is 1.35 bits per heavy atom. The van der Waals surface area contributed by atoms with Gasteiger partial charge in [-0.15, -0.1) is 0 Å². The predicted molar refractivity (Wildman–Crippen MR) is 106 cm³/mol. The highest BCUT2D eigenvalue weighted by atomic mass is 35.5. The summed E-state index contributed by atoms with van der Waals surface area (Å²) in [6.45, 7) is 0.713. The Hall–Kier alpha value is -2.20. The van der Waals surface area contributed by atoms with Gasteiger partial charge in [0.05, 0.1) is 18.0 Å². The standard InChI is InChI=1S/C21H25ClN2O2/c22-21(25)12-8-3-1-2-4-9-17-26-20-15-13-19(14-16-20)24-23-18-10-6-5-7-11-18/h5-7,10-11,13-16H,1-4,8-9,12,17H2. The van der Waals surface area contributed by atoms with Crippen LogP contribution < -0.4 is 4.74 Å². The van der Waals surface area contributed by atoms with E-state index in [9.17, 15) is 4.79 Å². The second-order valence-electron chi connectivity index (χ2n) is 6.10. The lowest BCUT2D eigenvalue weighted by Gasteiger charge is -2.06. The molecule has 0 N–H and O–H groups in total. The molecule has 0 bridgehead atoms. The lowest BCUT2D eigenvalue weighted by atomic mass is 10.1. The van der Waals surface area contributed by atoms with Crippen LogP contribution in [0.5, 0.6) is 5.75 Å². The SMILES string of the molecule is O=C(Cl)CCCCCCCCOc1ccc(N=Nc2ccccc2)cc1. The minimum Gasteiger partial charge on any atom is -0.494 e. The highest BCUT2D eigenvalue weighted by Crippen LogP contribution is 2.21. The Labute approximate surface area is 160 Å². The number of hydrogen-bond acceptors (Lipinski definition) is 4. The third-order valence-corrected chi connectivity index (χ3v) is 4.10. The lowest BCUT2D eigenvalue weighted by molar-refractivity contribution is -0.111. The van der Waals surface area contributed by atoms with Gasteiger partial charge in [0.15, 0.2) is 0 Å². The number of unbranched alkanes of at least 4 members (excludes halogenated alkanes) is 5. The van der Waals surface area contributed by atoms with E-state index < -0.39 is 0 Å². The number of nitrogens with zero attached hydrogens (tertiary/aromatic N) is 2. The molecule has 0 aliphatic rings. The normalized spacial score (nSPS) is 11.0. The third kappa shape index (κ3) is 8.77. The summed E-state index contributed by atoms with van der Waals surface area (Å²) in [4.78, 5) is 10.6. The molecule has 0 amide bonds. The summed E-state index contributed by atoms with van der Waals surface area (Å²) in [5.74, 6) is 0.851. The Kier molecular flexibility index (Phi) is 9.44. The van der Waals surface area contributed by atoms with E-state index in [0.717, 1.165) is 49.2 Å². The van der Waals surface area contributed by atoms with Crippen LogP contribution in [0.15, 0.2) is 64.8 Å². The van der Waals surface area contributed by atoms with Crippen LogP contribution in [0, 0.1) is 0 Å². The van der Waals surface area contributed by atoms with Crippen molar-refractivity contribution >= 4 is 28.2 Å². The third-order valence-electron chi connectivity index (χ3n) is 3.91. The fourth-order valence-corrected chi connectivity index (χ4v) is 2.62. The summed E-state index contributed by atoms with van der Waals surface area (Å²) in [6.07, 6.45) is 6.93. The van der Waals surface area contributed by atoms with E-state index in [1.807, 2.05) is 54.6 Å². The molecular formula is C21H25ClN2O2. The number of hydrogen-bond donors (Lipinski definition) is 0. The lowest BCUT2D eigenvalue weighted by Crippen LogP contribution is -1.97. The maximum atomic E-state index is 10.6. The second kappa shape index (κ2) is 12.2. The van der Waals surface area contributed by atoms with E-state index in [4.69, 9.17) is 16.3 Å². The molecule has 0 aliphatic heterocycles. The summed E-state index contributed by atoms with van der Waals surface area (Å²) in [6, 6.07) is 17.3. The number of benzene rings is 2. The van der Waals surface area contributed by atoms with E-state index in [1.54, 1.807) is 0 Å². The van der Waals surface area contributed by atoms with Crippen molar-refractivity contribution in [3.63, 3.8) is 0 Å². The van der Waals surface area contributed by atoms with Crippen molar-refractivity contribution in [2.75, 3.05) is 6.61 Å². The number of ether oxygens (including phenoxy) is 1. The maximum absolute atomic E-state index is 10.6. The molecule has 0 saturated heterocycles. The van der Waals surface area contributed by atoms with Crippen LogP contribution in [0.2, 0.25) is 0 Å². The van der Waals surface area contributed by atoms with Crippen LogP contribution in [0.4, 0.5) is 11.4 Å². The molecule has 2 rings (SSSR count). The molecule has 2 aromatic carbocycles. The van der Waals surface area contributed by atoms with Gasteiger partial charge in [-0.2, -0.15) is 10.2 Å². The molecule has 0 atom stereocenters. The van der Waals surface area contributed by atoms with E-state index >= 15 is 0 Å². The first kappa shape index (κ1) is 20.1. The van der Waals surface area contributed by atoms with Crippen molar-refractivity contribution < 1.29 is 9.53 Å². The molecule has 0 heterocycles. The predicted octanol–water partition coefficient (Wildman–Crippen LogP) is 6.98. The fraction of sp³-hybridized carbons (Fsp3) is 0.381. The second-order valence-corrected chi connectivity index (χ2v) is 6.53. The van der Waals surface area contributed by atoms with Gasteiger partial charge in [-0.1, -0.05) is 43.9 Å². The number of azo groups is 1. The molecule has 0 radical (unpaired) electrons. The fourth-order valence-electron chi connectivity index (χ4n) is 2.48. The van der Waals surface area contributed by atoms with Crippen LogP contribution in [0.25, 0.3) is 0 Å². The topological polar surface area (TPSA) is 51.0 Å². The number of rotatable bonds is 12. The van der Waals surface area contributed by atoms with Gasteiger partial charge in [-0.3, -0.25) is 4.79 Å². The Bertz CT molecular complexity index is 672. The van der Waals surface area contributed by atoms with Gasteiger partial charge in [0.25, 0.3) is 0 Å². The van der Waals surface area contributed by atoms with Gasteiger partial charge in [0, 0.05) is 6.42 Å². The van der Waals surface area contributed by atoms with E-state index in [2.05, 4.69) is 10.2 Å². The monoisotopic (exact) mass is 372 g/mol. The molecule has 0 fully saturated rings. The first-order valence-corrected chi connectivity index (χ1v) is 9.50. The van der Waals surface area contributed by atoms with Crippen molar-refractivity contribution in [1.82, 2.24) is 0 Å². The summed E-state index contributed by atoms with van der Waals surface area (Å²) < 4.78 is 5.75. The van der Waals surface area contributed by atoms with Crippen molar-refractivity contribution in [2.45, 2.75) is 44.9 Å². The van der Waals surface area contributed by atoms with Gasteiger partial charge >= 0.3 is 0 Å². The van der Waals surface area contributed by atoms with Crippen LogP contribution >= 0.6 is 11.6 Å². The largest absolute Gasteiger partial charge is 0.494 e. The zero-order valence-corrected chi connectivity index (χ0v) is 15.7. The van der Waals surface area contributed by atoms with Crippen molar-refractivity contribution in [1.29, 1.82) is 0 Å². The highest BCUT2D eigenvalue weighted by Gasteiger charge is 1.98. The highest BCUT2D eigenvalue weighted by molar-refractivity contribution is 6.63. The maximum Gasteiger partial charge on any atom is 0.221 e. The number of carbonyl (C=O) groups excluding carboxylic acids is 1. The molecule has 2 aromatic rings. The van der Waals surface area contributed by atoms with Crippen molar-refractivity contribution in [2.24, 2.45) is 10.2 Å². The van der Waals surface area contributed by atoms with E-state index in [1.165, 1.54) is 6.42 Å². The summed E-state index contributed by atoms with van der Waals surface area (Å²) >= 11 is 5.31. The van der Waals surface area contributed by atoms with Gasteiger partial charge < -0.3 is 4.74 Å². The summed E-state index contributed by atoms with van der Waals surface area (Å²) in [7, 11) is 0. The minimum absolute atomic E-state index is 0.231. The Balaban J connectivity index is 1.58. The molecule has 26 heavy (non-hydrogen) atoms. The average Bonchev–Trinajstić information content (AvgIpc) is 2.66. The van der Waals surface area contributed by atoms with Crippen molar-refractivity contribution in [3.8, 4) is 5.75 Å². The Morgan fingerprint density at radius 1 is 0.769 bits per heavy atom. The molecule has 138 valence electrons. The molecule has 4 nitrogen and oxygen atoms in total. The molecule has 0 saturated carbocycles. The first-order chi connectivity index (χ1) is 12.7. The molecule has 5 heteroatoms. The van der Waals surface area contributed by atoms with Crippen LogP contribution in [0.3, 0.4) is 0 Å². The molecule has 0 aromatic heterocycles. The quantitative estimate of drug-likeness (QED) is 0.229. The van der Waals surface area contributed by atoms with Crippen molar-refractivity contribution in [3.05, 3.63) is 54.6 Å². The van der Waals surface area contributed by atoms with E-state index in [0.29, 0.717) is 13.0 Å². The molecule has 0 spiro atoms. The van der Waals surface area contributed by atoms with Crippen LogP contribution in [0.1, 0.15) is 44.9 Å². The Morgan fingerprint density at radius 3 is 2.00 bits per heavy atom.